The molecular weight excluding hydrogens is 266 g/mol. The van der Waals surface area contributed by atoms with Crippen molar-refractivity contribution >= 4 is 5.71 Å². The summed E-state index contributed by atoms with van der Waals surface area (Å²) in [6.07, 6.45) is 2.02. The third kappa shape index (κ3) is 2.83. The summed E-state index contributed by atoms with van der Waals surface area (Å²) in [6.45, 7) is 4.80. The van der Waals surface area contributed by atoms with Crippen LogP contribution in [0.15, 0.2) is 23.3 Å². The Morgan fingerprint density at radius 1 is 1.33 bits per heavy atom. The Hall–Kier alpha value is -1.75. The van der Waals surface area contributed by atoms with Crippen LogP contribution in [0, 0.1) is 5.92 Å². The summed E-state index contributed by atoms with van der Waals surface area (Å²) in [6, 6.07) is 6.40. The lowest BCUT2D eigenvalue weighted by Gasteiger charge is -2.25. The molecule has 2 aliphatic rings. The van der Waals surface area contributed by atoms with Gasteiger partial charge in [0, 0.05) is 31.1 Å². The topological polar surface area (TPSA) is 54.9 Å². The highest BCUT2D eigenvalue weighted by atomic mass is 16.5. The van der Waals surface area contributed by atoms with Gasteiger partial charge in [-0.25, -0.2) is 0 Å². The minimum Gasteiger partial charge on any atom is -0.493 e. The average Bonchev–Trinajstić information content (AvgIpc) is 2.97. The summed E-state index contributed by atoms with van der Waals surface area (Å²) in [5.41, 5.74) is 5.76. The van der Waals surface area contributed by atoms with E-state index in [1.54, 1.807) is 7.11 Å². The van der Waals surface area contributed by atoms with Gasteiger partial charge in [0.05, 0.1) is 19.8 Å². The fourth-order valence-corrected chi connectivity index (χ4v) is 2.98. The lowest BCUT2D eigenvalue weighted by Crippen LogP contribution is -2.38. The SMILES string of the molecule is CCCOc1ccc(C2NN=C3CCNCC32)cc1OC. The zero-order valence-electron chi connectivity index (χ0n) is 12.7. The first-order valence-electron chi connectivity index (χ1n) is 7.67. The molecule has 114 valence electrons. The van der Waals surface area contributed by atoms with Gasteiger partial charge < -0.3 is 20.2 Å². The maximum Gasteiger partial charge on any atom is 0.161 e. The second kappa shape index (κ2) is 6.35. The van der Waals surface area contributed by atoms with Gasteiger partial charge in [0.25, 0.3) is 0 Å². The van der Waals surface area contributed by atoms with E-state index in [2.05, 4.69) is 34.9 Å². The van der Waals surface area contributed by atoms with Gasteiger partial charge >= 0.3 is 0 Å². The van der Waals surface area contributed by atoms with Crippen molar-refractivity contribution in [3.63, 3.8) is 0 Å². The lowest BCUT2D eigenvalue weighted by atomic mass is 9.87. The van der Waals surface area contributed by atoms with Crippen LogP contribution in [-0.4, -0.2) is 32.5 Å². The number of methoxy groups -OCH3 is 1. The van der Waals surface area contributed by atoms with E-state index in [0.717, 1.165) is 37.4 Å². The predicted molar refractivity (Wildman–Crippen MR) is 83.1 cm³/mol. The molecule has 21 heavy (non-hydrogen) atoms. The molecule has 2 aliphatic heterocycles. The van der Waals surface area contributed by atoms with Gasteiger partial charge in [-0.15, -0.1) is 0 Å². The van der Waals surface area contributed by atoms with Crippen LogP contribution in [0.1, 0.15) is 31.4 Å². The number of rotatable bonds is 5. The van der Waals surface area contributed by atoms with E-state index in [1.807, 2.05) is 6.07 Å². The van der Waals surface area contributed by atoms with Crippen molar-refractivity contribution in [1.82, 2.24) is 10.7 Å². The second-order valence-electron chi connectivity index (χ2n) is 5.53. The Labute approximate surface area is 125 Å². The van der Waals surface area contributed by atoms with Crippen LogP contribution in [0.3, 0.4) is 0 Å². The first-order chi connectivity index (χ1) is 10.3. The van der Waals surface area contributed by atoms with Crippen LogP contribution in [-0.2, 0) is 0 Å². The lowest BCUT2D eigenvalue weighted by molar-refractivity contribution is 0.293. The standard InChI is InChI=1S/C16H23N3O2/c1-3-8-21-14-5-4-11(9-15(14)20-2)16-12-10-17-7-6-13(12)18-19-16/h4-5,9,12,16-17,19H,3,6-8,10H2,1-2H3. The monoisotopic (exact) mass is 289 g/mol. The van der Waals surface area contributed by atoms with Gasteiger partial charge in [-0.05, 0) is 24.1 Å². The quantitative estimate of drug-likeness (QED) is 0.871. The van der Waals surface area contributed by atoms with Gasteiger partial charge in [0.1, 0.15) is 0 Å². The van der Waals surface area contributed by atoms with Gasteiger partial charge in [-0.2, -0.15) is 5.10 Å². The number of benzene rings is 1. The Bertz CT molecular complexity index is 530. The molecule has 1 fully saturated rings. The summed E-state index contributed by atoms with van der Waals surface area (Å²) in [4.78, 5) is 0. The molecule has 0 bridgehead atoms. The predicted octanol–water partition coefficient (Wildman–Crippen LogP) is 2.09. The number of fused-ring (bicyclic) bond motifs is 1. The van der Waals surface area contributed by atoms with Gasteiger partial charge in [0.15, 0.2) is 11.5 Å². The second-order valence-corrected chi connectivity index (χ2v) is 5.53. The number of hydrazone groups is 1. The van der Waals surface area contributed by atoms with Crippen LogP contribution in [0.25, 0.3) is 0 Å². The Morgan fingerprint density at radius 3 is 3.05 bits per heavy atom. The summed E-state index contributed by atoms with van der Waals surface area (Å²) in [7, 11) is 1.68. The first-order valence-corrected chi connectivity index (χ1v) is 7.67. The zero-order chi connectivity index (χ0) is 14.7. The third-order valence-electron chi connectivity index (χ3n) is 4.11. The fraction of sp³-hybridized carbons (Fsp3) is 0.562. The van der Waals surface area contributed by atoms with E-state index in [-0.39, 0.29) is 6.04 Å². The molecule has 2 atom stereocenters. The van der Waals surface area contributed by atoms with E-state index in [0.29, 0.717) is 12.5 Å². The molecule has 2 unspecified atom stereocenters. The summed E-state index contributed by atoms with van der Waals surface area (Å²) in [5, 5.41) is 7.94. The van der Waals surface area contributed by atoms with Crippen molar-refractivity contribution in [3.05, 3.63) is 23.8 Å². The minimum absolute atomic E-state index is 0.224. The van der Waals surface area contributed by atoms with Crippen LogP contribution in [0.4, 0.5) is 0 Å². The van der Waals surface area contributed by atoms with Crippen molar-refractivity contribution in [1.29, 1.82) is 0 Å². The highest BCUT2D eigenvalue weighted by Gasteiger charge is 2.34. The molecule has 1 aromatic carbocycles. The molecule has 2 N–H and O–H groups in total. The Kier molecular flexibility index (Phi) is 4.29. The molecule has 5 heteroatoms. The van der Waals surface area contributed by atoms with Crippen molar-refractivity contribution < 1.29 is 9.47 Å². The Morgan fingerprint density at radius 2 is 2.24 bits per heavy atom. The largest absolute Gasteiger partial charge is 0.493 e. The highest BCUT2D eigenvalue weighted by molar-refractivity contribution is 5.89. The van der Waals surface area contributed by atoms with Crippen molar-refractivity contribution in [2.45, 2.75) is 25.8 Å². The molecule has 2 heterocycles. The molecule has 1 aromatic rings. The maximum atomic E-state index is 5.72. The van der Waals surface area contributed by atoms with Gasteiger partial charge in [-0.1, -0.05) is 13.0 Å². The van der Waals surface area contributed by atoms with E-state index in [9.17, 15) is 0 Å². The molecule has 0 amide bonds. The summed E-state index contributed by atoms with van der Waals surface area (Å²) < 4.78 is 11.2. The van der Waals surface area contributed by atoms with Gasteiger partial charge in [-0.3, -0.25) is 0 Å². The van der Waals surface area contributed by atoms with Crippen LogP contribution < -0.4 is 20.2 Å². The van der Waals surface area contributed by atoms with Crippen molar-refractivity contribution in [3.8, 4) is 11.5 Å². The molecule has 5 nitrogen and oxygen atoms in total. The Balaban J connectivity index is 1.79. The fourth-order valence-electron chi connectivity index (χ4n) is 2.98. The minimum atomic E-state index is 0.224. The highest BCUT2D eigenvalue weighted by Crippen LogP contribution is 2.35. The van der Waals surface area contributed by atoms with Gasteiger partial charge in [0.2, 0.25) is 0 Å². The smallest absolute Gasteiger partial charge is 0.161 e. The molecule has 3 rings (SSSR count). The first kappa shape index (κ1) is 14.2. The summed E-state index contributed by atoms with van der Waals surface area (Å²) in [5.74, 6) is 2.04. The van der Waals surface area contributed by atoms with Crippen LogP contribution in [0.2, 0.25) is 0 Å². The molecule has 0 radical (unpaired) electrons. The van der Waals surface area contributed by atoms with Crippen molar-refractivity contribution in [2.75, 3.05) is 26.8 Å². The molecule has 0 aromatic heterocycles. The zero-order valence-corrected chi connectivity index (χ0v) is 12.7. The van der Waals surface area contributed by atoms with E-state index < -0.39 is 0 Å². The number of ether oxygens (including phenoxy) is 2. The molecular formula is C16H23N3O2. The van der Waals surface area contributed by atoms with Crippen molar-refractivity contribution in [2.24, 2.45) is 11.0 Å². The molecule has 1 saturated heterocycles. The molecule has 0 spiro atoms. The number of piperidine rings is 1. The number of hydrogen-bond acceptors (Lipinski definition) is 5. The van der Waals surface area contributed by atoms with Crippen LogP contribution in [0.5, 0.6) is 11.5 Å². The van der Waals surface area contributed by atoms with E-state index in [1.165, 1.54) is 11.3 Å². The summed E-state index contributed by atoms with van der Waals surface area (Å²) >= 11 is 0. The molecule has 0 aliphatic carbocycles. The van der Waals surface area contributed by atoms with E-state index in [4.69, 9.17) is 9.47 Å². The normalized spacial score (nSPS) is 24.0. The third-order valence-corrected chi connectivity index (χ3v) is 4.11. The average molecular weight is 289 g/mol. The number of nitrogens with zero attached hydrogens (tertiary/aromatic N) is 1. The van der Waals surface area contributed by atoms with E-state index >= 15 is 0 Å². The van der Waals surface area contributed by atoms with Crippen LogP contribution >= 0.6 is 0 Å². The maximum absolute atomic E-state index is 5.72. The number of hydrogen-bond donors (Lipinski definition) is 2. The number of nitrogens with one attached hydrogen (secondary N) is 2. The molecule has 0 saturated carbocycles.